The van der Waals surface area contributed by atoms with E-state index in [1.165, 1.54) is 5.56 Å². The van der Waals surface area contributed by atoms with Crippen molar-refractivity contribution in [3.05, 3.63) is 28.5 Å². The third-order valence-corrected chi connectivity index (χ3v) is 4.47. The van der Waals surface area contributed by atoms with E-state index in [-0.39, 0.29) is 5.54 Å². The Morgan fingerprint density at radius 2 is 2.11 bits per heavy atom. The molecule has 0 aliphatic rings. The summed E-state index contributed by atoms with van der Waals surface area (Å²) in [6.07, 6.45) is 5.85. The van der Waals surface area contributed by atoms with E-state index < -0.39 is 0 Å². The first-order valence-corrected chi connectivity index (χ1v) is 7.17. The Morgan fingerprint density at radius 3 is 2.56 bits per heavy atom. The molecular weight excluding hydrogens is 290 g/mol. The van der Waals surface area contributed by atoms with Crippen molar-refractivity contribution in [1.29, 1.82) is 0 Å². The lowest BCUT2D eigenvalue weighted by atomic mass is 9.84. The Balaban J connectivity index is 2.90. The fourth-order valence-corrected chi connectivity index (χ4v) is 2.72. The summed E-state index contributed by atoms with van der Waals surface area (Å²) >= 11 is 3.48. The molecule has 1 heterocycles. The SMILES string of the molecule is CCC(C)(C(Cc1cncc(Br)c1)NC)N(C)C. The number of nitrogens with zero attached hydrogens (tertiary/aromatic N) is 2. The molecule has 18 heavy (non-hydrogen) atoms. The average Bonchev–Trinajstić information content (AvgIpc) is 2.34. The highest BCUT2D eigenvalue weighted by atomic mass is 79.9. The van der Waals surface area contributed by atoms with E-state index in [0.29, 0.717) is 6.04 Å². The number of aromatic nitrogens is 1. The number of hydrogen-bond donors (Lipinski definition) is 1. The molecule has 2 atom stereocenters. The molecule has 0 amide bonds. The second-order valence-electron chi connectivity index (χ2n) is 5.16. The Kier molecular flexibility index (Phi) is 5.76. The van der Waals surface area contributed by atoms with Gasteiger partial charge in [0.15, 0.2) is 0 Å². The minimum Gasteiger partial charge on any atom is -0.315 e. The summed E-state index contributed by atoms with van der Waals surface area (Å²) in [6, 6.07) is 2.54. The highest BCUT2D eigenvalue weighted by Gasteiger charge is 2.33. The molecule has 0 fully saturated rings. The minimum absolute atomic E-state index is 0.136. The van der Waals surface area contributed by atoms with Gasteiger partial charge >= 0.3 is 0 Å². The number of nitrogens with one attached hydrogen (secondary N) is 1. The fourth-order valence-electron chi connectivity index (χ4n) is 2.31. The van der Waals surface area contributed by atoms with E-state index in [0.717, 1.165) is 17.3 Å². The molecule has 2 unspecified atom stereocenters. The second-order valence-corrected chi connectivity index (χ2v) is 6.08. The predicted octanol–water partition coefficient (Wildman–Crippen LogP) is 2.70. The van der Waals surface area contributed by atoms with Crippen LogP contribution in [-0.2, 0) is 6.42 Å². The molecule has 0 radical (unpaired) electrons. The number of rotatable bonds is 6. The van der Waals surface area contributed by atoms with Gasteiger partial charge in [-0.15, -0.1) is 0 Å². The van der Waals surface area contributed by atoms with E-state index in [4.69, 9.17) is 0 Å². The highest BCUT2D eigenvalue weighted by molar-refractivity contribution is 9.10. The van der Waals surface area contributed by atoms with Gasteiger partial charge in [0.05, 0.1) is 0 Å². The van der Waals surface area contributed by atoms with Crippen LogP contribution in [0, 0.1) is 0 Å². The maximum absolute atomic E-state index is 4.24. The van der Waals surface area contributed by atoms with Crippen LogP contribution in [0.1, 0.15) is 25.8 Å². The molecule has 0 saturated heterocycles. The maximum atomic E-state index is 4.24. The molecule has 3 nitrogen and oxygen atoms in total. The van der Waals surface area contributed by atoms with Gasteiger partial charge in [0.25, 0.3) is 0 Å². The van der Waals surface area contributed by atoms with Gasteiger partial charge in [-0.1, -0.05) is 6.92 Å². The zero-order valence-corrected chi connectivity index (χ0v) is 13.6. The van der Waals surface area contributed by atoms with Crippen LogP contribution in [-0.4, -0.2) is 42.6 Å². The summed E-state index contributed by atoms with van der Waals surface area (Å²) in [5.41, 5.74) is 1.39. The smallest absolute Gasteiger partial charge is 0.0410 e. The molecule has 0 aliphatic carbocycles. The van der Waals surface area contributed by atoms with Crippen molar-refractivity contribution in [1.82, 2.24) is 15.2 Å². The molecule has 0 saturated carbocycles. The van der Waals surface area contributed by atoms with E-state index >= 15 is 0 Å². The van der Waals surface area contributed by atoms with Crippen LogP contribution in [0.25, 0.3) is 0 Å². The van der Waals surface area contributed by atoms with Crippen LogP contribution < -0.4 is 5.32 Å². The third kappa shape index (κ3) is 3.53. The van der Waals surface area contributed by atoms with Gasteiger partial charge in [0, 0.05) is 28.4 Å². The predicted molar refractivity (Wildman–Crippen MR) is 80.9 cm³/mol. The van der Waals surface area contributed by atoms with Crippen molar-refractivity contribution < 1.29 is 0 Å². The Hall–Kier alpha value is -0.450. The van der Waals surface area contributed by atoms with Gasteiger partial charge in [-0.2, -0.15) is 0 Å². The lowest BCUT2D eigenvalue weighted by molar-refractivity contribution is 0.116. The van der Waals surface area contributed by atoms with E-state index in [2.05, 4.69) is 65.1 Å². The van der Waals surface area contributed by atoms with E-state index in [1.54, 1.807) is 0 Å². The number of likely N-dealkylation sites (N-methyl/N-ethyl adjacent to an activating group) is 2. The molecule has 0 bridgehead atoms. The van der Waals surface area contributed by atoms with Crippen LogP contribution >= 0.6 is 15.9 Å². The summed E-state index contributed by atoms with van der Waals surface area (Å²) in [5, 5.41) is 3.46. The third-order valence-electron chi connectivity index (χ3n) is 4.04. The topological polar surface area (TPSA) is 28.2 Å². The molecule has 0 spiro atoms. The molecule has 1 aromatic rings. The Labute approximate surface area is 119 Å². The summed E-state index contributed by atoms with van der Waals surface area (Å²) in [7, 11) is 6.33. The van der Waals surface area contributed by atoms with Crippen molar-refractivity contribution in [3.8, 4) is 0 Å². The van der Waals surface area contributed by atoms with Gasteiger partial charge in [-0.05, 0) is 68.5 Å². The van der Waals surface area contributed by atoms with Crippen molar-refractivity contribution in [2.75, 3.05) is 21.1 Å². The Bertz CT molecular complexity index is 381. The van der Waals surface area contributed by atoms with Crippen molar-refractivity contribution in [2.24, 2.45) is 0 Å². The number of hydrogen-bond acceptors (Lipinski definition) is 3. The lowest BCUT2D eigenvalue weighted by Crippen LogP contribution is -2.56. The molecular formula is C14H24BrN3. The van der Waals surface area contributed by atoms with Crippen LogP contribution in [0.2, 0.25) is 0 Å². The molecule has 1 aromatic heterocycles. The standard InChI is InChI=1S/C14H24BrN3/c1-6-14(2,18(4)5)13(16-3)8-11-7-12(15)10-17-9-11/h7,9-10,13,16H,6,8H2,1-5H3. The summed E-state index contributed by atoms with van der Waals surface area (Å²) in [4.78, 5) is 6.54. The molecule has 1 rings (SSSR count). The molecule has 0 aliphatic heterocycles. The van der Waals surface area contributed by atoms with Gasteiger partial charge in [-0.3, -0.25) is 4.98 Å². The molecule has 0 aromatic carbocycles. The quantitative estimate of drug-likeness (QED) is 0.875. The zero-order valence-electron chi connectivity index (χ0n) is 12.0. The average molecular weight is 314 g/mol. The molecule has 102 valence electrons. The van der Waals surface area contributed by atoms with Crippen LogP contribution in [0.5, 0.6) is 0 Å². The van der Waals surface area contributed by atoms with Gasteiger partial charge in [0.1, 0.15) is 0 Å². The minimum atomic E-state index is 0.136. The lowest BCUT2D eigenvalue weighted by Gasteiger charge is -2.42. The number of halogens is 1. The summed E-state index contributed by atoms with van der Waals surface area (Å²) in [5.74, 6) is 0. The first kappa shape index (κ1) is 15.6. The number of pyridine rings is 1. The monoisotopic (exact) mass is 313 g/mol. The normalized spacial score (nSPS) is 16.6. The summed E-state index contributed by atoms with van der Waals surface area (Å²) in [6.45, 7) is 4.54. The second kappa shape index (κ2) is 6.64. The van der Waals surface area contributed by atoms with E-state index in [9.17, 15) is 0 Å². The first-order chi connectivity index (χ1) is 8.43. The zero-order chi connectivity index (χ0) is 13.8. The van der Waals surface area contributed by atoms with Gasteiger partial charge < -0.3 is 10.2 Å². The highest BCUT2D eigenvalue weighted by Crippen LogP contribution is 2.24. The molecule has 1 N–H and O–H groups in total. The largest absolute Gasteiger partial charge is 0.315 e. The van der Waals surface area contributed by atoms with Gasteiger partial charge in [0.2, 0.25) is 0 Å². The van der Waals surface area contributed by atoms with Crippen LogP contribution in [0.4, 0.5) is 0 Å². The van der Waals surface area contributed by atoms with Crippen molar-refractivity contribution in [3.63, 3.8) is 0 Å². The fraction of sp³-hybridized carbons (Fsp3) is 0.643. The first-order valence-electron chi connectivity index (χ1n) is 6.38. The van der Waals surface area contributed by atoms with Gasteiger partial charge in [-0.25, -0.2) is 0 Å². The maximum Gasteiger partial charge on any atom is 0.0410 e. The molecule has 4 heteroatoms. The van der Waals surface area contributed by atoms with Crippen molar-refractivity contribution in [2.45, 2.75) is 38.3 Å². The van der Waals surface area contributed by atoms with Crippen molar-refractivity contribution >= 4 is 15.9 Å². The van der Waals surface area contributed by atoms with E-state index in [1.807, 2.05) is 19.4 Å². The summed E-state index contributed by atoms with van der Waals surface area (Å²) < 4.78 is 1.04. The van der Waals surface area contributed by atoms with Crippen LogP contribution in [0.3, 0.4) is 0 Å². The van der Waals surface area contributed by atoms with Crippen LogP contribution in [0.15, 0.2) is 22.9 Å². The Morgan fingerprint density at radius 1 is 1.44 bits per heavy atom.